The van der Waals surface area contributed by atoms with Crippen LogP contribution in [0.2, 0.25) is 0 Å². The first-order valence-corrected chi connectivity index (χ1v) is 7.91. The predicted octanol–water partition coefficient (Wildman–Crippen LogP) is 3.17. The number of anilines is 2. The Hall–Kier alpha value is -1.75. The van der Waals surface area contributed by atoms with Crippen molar-refractivity contribution in [3.8, 4) is 0 Å². The first-order chi connectivity index (χ1) is 10.4. The molecule has 1 heterocycles. The highest BCUT2D eigenvalue weighted by atomic mass is 16.5. The highest BCUT2D eigenvalue weighted by Crippen LogP contribution is 2.22. The number of benzene rings is 1. The lowest BCUT2D eigenvalue weighted by Crippen LogP contribution is -2.45. The summed E-state index contributed by atoms with van der Waals surface area (Å²) in [6.45, 7) is 9.96. The third-order valence-corrected chi connectivity index (χ3v) is 4.00. The highest BCUT2D eigenvalue weighted by Gasteiger charge is 2.22. The topological polar surface area (TPSA) is 44.8 Å². The Bertz CT molecular complexity index is 491. The third kappa shape index (κ3) is 4.13. The van der Waals surface area contributed by atoms with Crippen molar-refractivity contribution in [2.24, 2.45) is 0 Å². The number of nitrogens with one attached hydrogen (secondary N) is 1. The Morgan fingerprint density at radius 1 is 1.23 bits per heavy atom. The minimum absolute atomic E-state index is 0.0867. The number of hydrogen-bond donors (Lipinski definition) is 1. The molecule has 22 heavy (non-hydrogen) atoms. The van der Waals surface area contributed by atoms with E-state index in [1.54, 1.807) is 11.9 Å². The minimum Gasteiger partial charge on any atom is -0.372 e. The lowest BCUT2D eigenvalue weighted by atomic mass is 10.2. The van der Waals surface area contributed by atoms with Crippen LogP contribution in [0.15, 0.2) is 24.3 Å². The Balaban J connectivity index is 2.00. The lowest BCUT2D eigenvalue weighted by Gasteiger charge is -2.36. The van der Waals surface area contributed by atoms with Gasteiger partial charge < -0.3 is 19.9 Å². The van der Waals surface area contributed by atoms with Crippen LogP contribution in [0.3, 0.4) is 0 Å². The number of hydrogen-bond acceptors (Lipinski definition) is 3. The van der Waals surface area contributed by atoms with Gasteiger partial charge in [0.1, 0.15) is 0 Å². The molecule has 0 aliphatic carbocycles. The second-order valence-electron chi connectivity index (χ2n) is 6.34. The van der Waals surface area contributed by atoms with Gasteiger partial charge in [0.25, 0.3) is 0 Å². The maximum Gasteiger partial charge on any atom is 0.321 e. The van der Waals surface area contributed by atoms with Gasteiger partial charge in [-0.05, 0) is 52.0 Å². The van der Waals surface area contributed by atoms with Crippen LogP contribution in [0.25, 0.3) is 0 Å². The number of nitrogens with zero attached hydrogens (tertiary/aromatic N) is 2. The van der Waals surface area contributed by atoms with E-state index in [1.165, 1.54) is 0 Å². The van der Waals surface area contributed by atoms with Crippen LogP contribution in [-0.2, 0) is 4.74 Å². The maximum absolute atomic E-state index is 12.0. The van der Waals surface area contributed by atoms with Crippen molar-refractivity contribution in [2.45, 2.75) is 45.9 Å². The number of carbonyl (C=O) groups excluding carboxylic acids is 1. The zero-order valence-electron chi connectivity index (χ0n) is 14.2. The van der Waals surface area contributed by atoms with Crippen molar-refractivity contribution < 1.29 is 9.53 Å². The monoisotopic (exact) mass is 305 g/mol. The molecule has 1 aromatic rings. The molecule has 1 aliphatic heterocycles. The van der Waals surface area contributed by atoms with Gasteiger partial charge >= 0.3 is 6.03 Å². The van der Waals surface area contributed by atoms with Crippen molar-refractivity contribution >= 4 is 17.4 Å². The quantitative estimate of drug-likeness (QED) is 0.933. The second-order valence-corrected chi connectivity index (χ2v) is 6.34. The molecule has 2 atom stereocenters. The number of morpholine rings is 1. The van der Waals surface area contributed by atoms with Crippen molar-refractivity contribution in [3.63, 3.8) is 0 Å². The molecule has 122 valence electrons. The molecule has 2 rings (SSSR count). The Kier molecular flexibility index (Phi) is 5.29. The predicted molar refractivity (Wildman–Crippen MR) is 90.6 cm³/mol. The summed E-state index contributed by atoms with van der Waals surface area (Å²) < 4.78 is 5.76. The largest absolute Gasteiger partial charge is 0.372 e. The van der Waals surface area contributed by atoms with E-state index in [0.29, 0.717) is 0 Å². The van der Waals surface area contributed by atoms with Gasteiger partial charge in [0.15, 0.2) is 0 Å². The van der Waals surface area contributed by atoms with E-state index in [1.807, 2.05) is 26.0 Å². The number of ether oxygens (including phenoxy) is 1. The summed E-state index contributed by atoms with van der Waals surface area (Å²) in [4.78, 5) is 16.0. The van der Waals surface area contributed by atoms with Gasteiger partial charge in [-0.25, -0.2) is 4.79 Å². The van der Waals surface area contributed by atoms with Crippen LogP contribution in [0.5, 0.6) is 0 Å². The lowest BCUT2D eigenvalue weighted by molar-refractivity contribution is -0.00521. The van der Waals surface area contributed by atoms with Crippen molar-refractivity contribution in [1.82, 2.24) is 4.90 Å². The SMILES string of the molecule is CC(C)N(C)C(=O)Nc1ccc(N2C[C@H](C)O[C@@H](C)C2)cc1. The molecular weight excluding hydrogens is 278 g/mol. The second kappa shape index (κ2) is 7.01. The minimum atomic E-state index is -0.0867. The molecule has 0 aromatic heterocycles. The highest BCUT2D eigenvalue weighted by molar-refractivity contribution is 5.89. The summed E-state index contributed by atoms with van der Waals surface area (Å²) in [5.74, 6) is 0. The van der Waals surface area contributed by atoms with Crippen LogP contribution in [-0.4, -0.2) is 49.3 Å². The normalized spacial score (nSPS) is 21.8. The zero-order valence-corrected chi connectivity index (χ0v) is 14.2. The molecule has 0 bridgehead atoms. The van der Waals surface area contributed by atoms with Crippen molar-refractivity contribution in [1.29, 1.82) is 0 Å². The van der Waals surface area contributed by atoms with E-state index in [0.717, 1.165) is 24.5 Å². The molecule has 5 heteroatoms. The van der Waals surface area contributed by atoms with Gasteiger partial charge in [0.2, 0.25) is 0 Å². The zero-order chi connectivity index (χ0) is 16.3. The summed E-state index contributed by atoms with van der Waals surface area (Å²) >= 11 is 0. The van der Waals surface area contributed by atoms with Crippen LogP contribution in [0.4, 0.5) is 16.2 Å². The van der Waals surface area contributed by atoms with Crippen LogP contribution < -0.4 is 10.2 Å². The van der Waals surface area contributed by atoms with Gasteiger partial charge in [0, 0.05) is 37.6 Å². The fourth-order valence-corrected chi connectivity index (χ4v) is 2.59. The fourth-order valence-electron chi connectivity index (χ4n) is 2.59. The first kappa shape index (κ1) is 16.6. The van der Waals surface area contributed by atoms with E-state index >= 15 is 0 Å². The summed E-state index contributed by atoms with van der Waals surface area (Å²) in [7, 11) is 1.80. The summed E-state index contributed by atoms with van der Waals surface area (Å²) in [5.41, 5.74) is 1.98. The molecule has 1 aliphatic rings. The van der Waals surface area contributed by atoms with E-state index < -0.39 is 0 Å². The van der Waals surface area contributed by atoms with E-state index in [9.17, 15) is 4.79 Å². The Labute approximate surface area is 133 Å². The van der Waals surface area contributed by atoms with Crippen molar-refractivity contribution in [2.75, 3.05) is 30.4 Å². The molecule has 1 fully saturated rings. The summed E-state index contributed by atoms with van der Waals surface area (Å²) in [6, 6.07) is 8.09. The molecule has 1 saturated heterocycles. The molecular formula is C17H27N3O2. The fraction of sp³-hybridized carbons (Fsp3) is 0.588. The van der Waals surface area contributed by atoms with E-state index in [2.05, 4.69) is 36.2 Å². The Morgan fingerprint density at radius 2 is 1.77 bits per heavy atom. The van der Waals surface area contributed by atoms with Gasteiger partial charge in [-0.3, -0.25) is 0 Å². The average molecular weight is 305 g/mol. The van der Waals surface area contributed by atoms with Gasteiger partial charge in [-0.1, -0.05) is 0 Å². The van der Waals surface area contributed by atoms with Gasteiger partial charge in [-0.15, -0.1) is 0 Å². The molecule has 1 aromatic carbocycles. The molecule has 5 nitrogen and oxygen atoms in total. The molecule has 1 N–H and O–H groups in total. The molecule has 0 spiro atoms. The van der Waals surface area contributed by atoms with Gasteiger partial charge in [0.05, 0.1) is 12.2 Å². The smallest absolute Gasteiger partial charge is 0.321 e. The van der Waals surface area contributed by atoms with Crippen LogP contribution in [0.1, 0.15) is 27.7 Å². The number of carbonyl (C=O) groups is 1. The maximum atomic E-state index is 12.0. The standard InChI is InChI=1S/C17H27N3O2/c1-12(2)19(5)17(21)18-15-6-8-16(9-7-15)20-10-13(3)22-14(4)11-20/h6-9,12-14H,10-11H2,1-5H3,(H,18,21)/t13-,14-/m0/s1. The average Bonchev–Trinajstić information content (AvgIpc) is 2.46. The number of rotatable bonds is 3. The van der Waals surface area contributed by atoms with Crippen molar-refractivity contribution in [3.05, 3.63) is 24.3 Å². The molecule has 0 radical (unpaired) electrons. The Morgan fingerprint density at radius 3 is 2.27 bits per heavy atom. The van der Waals surface area contributed by atoms with Gasteiger partial charge in [-0.2, -0.15) is 0 Å². The van der Waals surface area contributed by atoms with E-state index in [-0.39, 0.29) is 24.3 Å². The number of amides is 2. The van der Waals surface area contributed by atoms with E-state index in [4.69, 9.17) is 4.74 Å². The number of urea groups is 1. The third-order valence-electron chi connectivity index (χ3n) is 4.00. The molecule has 0 saturated carbocycles. The summed E-state index contributed by atoms with van der Waals surface area (Å²) in [6.07, 6.45) is 0.477. The van der Waals surface area contributed by atoms with Crippen LogP contribution in [0, 0.1) is 0 Å². The summed E-state index contributed by atoms with van der Waals surface area (Å²) in [5, 5.41) is 2.91. The molecule has 0 unspecified atom stereocenters. The first-order valence-electron chi connectivity index (χ1n) is 7.91. The molecule has 2 amide bonds. The van der Waals surface area contributed by atoms with Crippen LogP contribution >= 0.6 is 0 Å².